The Morgan fingerprint density at radius 1 is 1.50 bits per heavy atom. The van der Waals surface area contributed by atoms with Gasteiger partial charge in [-0.3, -0.25) is 4.68 Å². The standard InChI is InChI=1S/C13H14N2O3/c1-2-18-12-7-14-15(9-12)8-10-4-3-5-11(6-10)13(16)17/h3-7,9H,2,8H2,1H3,(H,16,17). The van der Waals surface area contributed by atoms with Crippen LogP contribution in [-0.2, 0) is 6.54 Å². The van der Waals surface area contributed by atoms with Crippen LogP contribution in [0.3, 0.4) is 0 Å². The van der Waals surface area contributed by atoms with Gasteiger partial charge >= 0.3 is 5.97 Å². The molecule has 0 spiro atoms. The number of benzene rings is 1. The minimum Gasteiger partial charge on any atom is -0.491 e. The van der Waals surface area contributed by atoms with Crippen LogP contribution in [0.5, 0.6) is 5.75 Å². The van der Waals surface area contributed by atoms with Crippen molar-refractivity contribution in [3.05, 3.63) is 47.8 Å². The quantitative estimate of drug-likeness (QED) is 0.876. The van der Waals surface area contributed by atoms with E-state index >= 15 is 0 Å². The van der Waals surface area contributed by atoms with Gasteiger partial charge in [-0.05, 0) is 24.6 Å². The molecular formula is C13H14N2O3. The second-order valence-electron chi connectivity index (χ2n) is 3.81. The summed E-state index contributed by atoms with van der Waals surface area (Å²) in [4.78, 5) is 10.9. The fourth-order valence-electron chi connectivity index (χ4n) is 1.66. The third-order valence-corrected chi connectivity index (χ3v) is 2.44. The highest BCUT2D eigenvalue weighted by molar-refractivity contribution is 5.87. The molecule has 1 aromatic carbocycles. The first-order valence-corrected chi connectivity index (χ1v) is 5.66. The van der Waals surface area contributed by atoms with Crippen molar-refractivity contribution in [3.8, 4) is 5.75 Å². The molecule has 0 aliphatic carbocycles. The summed E-state index contributed by atoms with van der Waals surface area (Å²) in [6.07, 6.45) is 3.43. The summed E-state index contributed by atoms with van der Waals surface area (Å²) in [6.45, 7) is 3.03. The first kappa shape index (κ1) is 12.2. The maximum Gasteiger partial charge on any atom is 0.335 e. The molecule has 0 saturated heterocycles. The Balaban J connectivity index is 2.12. The van der Waals surface area contributed by atoms with Crippen molar-refractivity contribution in [2.75, 3.05) is 6.61 Å². The van der Waals surface area contributed by atoms with Gasteiger partial charge in [0.15, 0.2) is 5.75 Å². The first-order valence-electron chi connectivity index (χ1n) is 5.66. The van der Waals surface area contributed by atoms with Crippen LogP contribution in [0.25, 0.3) is 0 Å². The Morgan fingerprint density at radius 2 is 2.33 bits per heavy atom. The third kappa shape index (κ3) is 2.88. The fourth-order valence-corrected chi connectivity index (χ4v) is 1.66. The van der Waals surface area contributed by atoms with Crippen LogP contribution in [0.15, 0.2) is 36.7 Å². The summed E-state index contributed by atoms with van der Waals surface area (Å²) < 4.78 is 7.02. The van der Waals surface area contributed by atoms with Crippen LogP contribution in [0, 0.1) is 0 Å². The monoisotopic (exact) mass is 246 g/mol. The summed E-state index contributed by atoms with van der Waals surface area (Å²) >= 11 is 0. The molecule has 1 heterocycles. The summed E-state index contributed by atoms with van der Waals surface area (Å²) in [7, 11) is 0. The molecule has 5 nitrogen and oxygen atoms in total. The van der Waals surface area contributed by atoms with Gasteiger partial charge in [0.1, 0.15) is 0 Å². The van der Waals surface area contributed by atoms with Crippen LogP contribution in [0.1, 0.15) is 22.8 Å². The highest BCUT2D eigenvalue weighted by atomic mass is 16.5. The Bertz CT molecular complexity index is 549. The fraction of sp³-hybridized carbons (Fsp3) is 0.231. The number of carboxylic acids is 1. The minimum atomic E-state index is -0.924. The Morgan fingerprint density at radius 3 is 3.06 bits per heavy atom. The van der Waals surface area contributed by atoms with Gasteiger partial charge in [0.05, 0.1) is 31.1 Å². The van der Waals surface area contributed by atoms with Gasteiger partial charge in [-0.15, -0.1) is 0 Å². The van der Waals surface area contributed by atoms with Crippen molar-refractivity contribution in [1.82, 2.24) is 9.78 Å². The second-order valence-corrected chi connectivity index (χ2v) is 3.81. The number of aromatic nitrogens is 2. The molecule has 0 atom stereocenters. The van der Waals surface area contributed by atoms with E-state index in [1.54, 1.807) is 35.3 Å². The van der Waals surface area contributed by atoms with Crippen molar-refractivity contribution in [1.29, 1.82) is 0 Å². The molecule has 0 unspecified atom stereocenters. The summed E-state index contributed by atoms with van der Waals surface area (Å²) in [5.74, 6) is -0.209. The van der Waals surface area contributed by atoms with Crippen molar-refractivity contribution in [2.45, 2.75) is 13.5 Å². The lowest BCUT2D eigenvalue weighted by Gasteiger charge is -2.03. The van der Waals surface area contributed by atoms with E-state index in [0.29, 0.717) is 18.9 Å². The molecule has 0 fully saturated rings. The predicted octanol–water partition coefficient (Wildman–Crippen LogP) is 2.03. The summed E-state index contributed by atoms with van der Waals surface area (Å²) in [5, 5.41) is 13.1. The van der Waals surface area contributed by atoms with E-state index in [1.807, 2.05) is 13.0 Å². The average Bonchev–Trinajstić information content (AvgIpc) is 2.77. The number of hydrogen-bond donors (Lipinski definition) is 1. The van der Waals surface area contributed by atoms with E-state index in [2.05, 4.69) is 5.10 Å². The summed E-state index contributed by atoms with van der Waals surface area (Å²) in [5.41, 5.74) is 1.17. The van der Waals surface area contributed by atoms with Crippen LogP contribution in [-0.4, -0.2) is 27.5 Å². The number of rotatable bonds is 5. The van der Waals surface area contributed by atoms with Crippen molar-refractivity contribution < 1.29 is 14.6 Å². The number of ether oxygens (including phenoxy) is 1. The van der Waals surface area contributed by atoms with Crippen molar-refractivity contribution >= 4 is 5.97 Å². The lowest BCUT2D eigenvalue weighted by molar-refractivity contribution is 0.0696. The molecule has 2 rings (SSSR count). The number of carboxylic acid groups (broad SMARTS) is 1. The highest BCUT2D eigenvalue weighted by Crippen LogP contribution is 2.11. The van der Waals surface area contributed by atoms with E-state index in [0.717, 1.165) is 5.56 Å². The molecule has 0 amide bonds. The zero-order chi connectivity index (χ0) is 13.0. The third-order valence-electron chi connectivity index (χ3n) is 2.44. The zero-order valence-electron chi connectivity index (χ0n) is 10.0. The van der Waals surface area contributed by atoms with Crippen LogP contribution in [0.2, 0.25) is 0 Å². The number of aromatic carboxylic acids is 1. The first-order chi connectivity index (χ1) is 8.69. The predicted molar refractivity (Wildman–Crippen MR) is 65.9 cm³/mol. The molecule has 0 bridgehead atoms. The van der Waals surface area contributed by atoms with Gasteiger partial charge in [-0.1, -0.05) is 12.1 Å². The SMILES string of the molecule is CCOc1cnn(Cc2cccc(C(=O)O)c2)c1. The van der Waals surface area contributed by atoms with E-state index in [1.165, 1.54) is 0 Å². The van der Waals surface area contributed by atoms with Crippen LogP contribution >= 0.6 is 0 Å². The molecule has 18 heavy (non-hydrogen) atoms. The molecule has 1 aromatic heterocycles. The Kier molecular flexibility index (Phi) is 3.62. The topological polar surface area (TPSA) is 64.4 Å². The smallest absolute Gasteiger partial charge is 0.335 e. The van der Waals surface area contributed by atoms with E-state index < -0.39 is 5.97 Å². The molecule has 94 valence electrons. The van der Waals surface area contributed by atoms with Gasteiger partial charge in [0.25, 0.3) is 0 Å². The molecule has 0 saturated carbocycles. The largest absolute Gasteiger partial charge is 0.491 e. The lowest BCUT2D eigenvalue weighted by Crippen LogP contribution is -2.02. The Labute approximate surface area is 105 Å². The van der Waals surface area contributed by atoms with Gasteiger partial charge in [-0.25, -0.2) is 4.79 Å². The number of carbonyl (C=O) groups is 1. The maximum absolute atomic E-state index is 10.9. The van der Waals surface area contributed by atoms with Gasteiger partial charge in [0.2, 0.25) is 0 Å². The van der Waals surface area contributed by atoms with Gasteiger partial charge in [-0.2, -0.15) is 5.10 Å². The van der Waals surface area contributed by atoms with Gasteiger partial charge < -0.3 is 9.84 Å². The average molecular weight is 246 g/mol. The molecule has 0 aliphatic heterocycles. The zero-order valence-corrected chi connectivity index (χ0v) is 10.0. The van der Waals surface area contributed by atoms with E-state index in [9.17, 15) is 4.79 Å². The van der Waals surface area contributed by atoms with Crippen LogP contribution < -0.4 is 4.74 Å². The van der Waals surface area contributed by atoms with Crippen LogP contribution in [0.4, 0.5) is 0 Å². The van der Waals surface area contributed by atoms with E-state index in [-0.39, 0.29) is 5.56 Å². The minimum absolute atomic E-state index is 0.282. The maximum atomic E-state index is 10.9. The molecule has 1 N–H and O–H groups in total. The normalized spacial score (nSPS) is 10.3. The molecule has 5 heteroatoms. The lowest BCUT2D eigenvalue weighted by atomic mass is 10.1. The molecule has 0 aliphatic rings. The van der Waals surface area contributed by atoms with Gasteiger partial charge in [0, 0.05) is 0 Å². The van der Waals surface area contributed by atoms with E-state index in [4.69, 9.17) is 9.84 Å². The van der Waals surface area contributed by atoms with Crippen molar-refractivity contribution in [2.24, 2.45) is 0 Å². The second kappa shape index (κ2) is 5.35. The molecule has 2 aromatic rings. The molecule has 0 radical (unpaired) electrons. The highest BCUT2D eigenvalue weighted by Gasteiger charge is 2.04. The summed E-state index contributed by atoms with van der Waals surface area (Å²) in [6, 6.07) is 6.81. The van der Waals surface area contributed by atoms with Crippen molar-refractivity contribution in [3.63, 3.8) is 0 Å². The molecular weight excluding hydrogens is 232 g/mol. The number of nitrogens with zero attached hydrogens (tertiary/aromatic N) is 2. The number of hydrogen-bond acceptors (Lipinski definition) is 3. The Hall–Kier alpha value is -2.30.